The largest absolute Gasteiger partial charge is 0.389 e. The lowest BCUT2D eigenvalue weighted by molar-refractivity contribution is -0.122. The molecule has 0 radical (unpaired) electrons. The van der Waals surface area contributed by atoms with E-state index < -0.39 is 0 Å². The van der Waals surface area contributed by atoms with Crippen molar-refractivity contribution in [1.29, 1.82) is 0 Å². The zero-order valence-corrected chi connectivity index (χ0v) is 12.1. The zero-order valence-electron chi connectivity index (χ0n) is 11.3. The molecule has 1 aliphatic rings. The number of piperidine rings is 1. The lowest BCUT2D eigenvalue weighted by Gasteiger charge is -2.39. The van der Waals surface area contributed by atoms with E-state index in [1.807, 2.05) is 4.90 Å². The normalized spacial score (nSPS) is 22.6. The highest BCUT2D eigenvalue weighted by Crippen LogP contribution is 2.30. The van der Waals surface area contributed by atoms with Gasteiger partial charge in [-0.2, -0.15) is 0 Å². The number of nitrogens with two attached hydrogens (primary N) is 2. The summed E-state index contributed by atoms with van der Waals surface area (Å²) in [6.45, 7) is 2.57. The van der Waals surface area contributed by atoms with Gasteiger partial charge < -0.3 is 16.4 Å². The third kappa shape index (κ3) is 2.90. The van der Waals surface area contributed by atoms with Crippen LogP contribution in [-0.4, -0.2) is 23.5 Å². The second-order valence-electron chi connectivity index (χ2n) is 5.20. The van der Waals surface area contributed by atoms with Gasteiger partial charge in [0.2, 0.25) is 5.91 Å². The topological polar surface area (TPSA) is 72.4 Å². The van der Waals surface area contributed by atoms with Gasteiger partial charge in [-0.05, 0) is 38.0 Å². The predicted molar refractivity (Wildman–Crippen MR) is 81.0 cm³/mol. The van der Waals surface area contributed by atoms with E-state index in [1.54, 1.807) is 6.07 Å². The summed E-state index contributed by atoms with van der Waals surface area (Å²) in [5, 5.41) is 0. The molecule has 1 heterocycles. The quantitative estimate of drug-likeness (QED) is 0.830. The van der Waals surface area contributed by atoms with Crippen LogP contribution in [0.25, 0.3) is 0 Å². The van der Waals surface area contributed by atoms with Gasteiger partial charge in [-0.25, -0.2) is 4.39 Å². The number of thiocarbonyl (C=S) groups is 1. The summed E-state index contributed by atoms with van der Waals surface area (Å²) in [5.74, 6) is -0.885. The Kier molecular flexibility index (Phi) is 4.23. The first-order valence-electron chi connectivity index (χ1n) is 6.55. The predicted octanol–water partition coefficient (Wildman–Crippen LogP) is 1.55. The Bertz CT molecular complexity index is 549. The maximum Gasteiger partial charge on any atom is 0.222 e. The minimum Gasteiger partial charge on any atom is -0.389 e. The molecule has 2 rings (SSSR count). The summed E-state index contributed by atoms with van der Waals surface area (Å²) >= 11 is 4.99. The van der Waals surface area contributed by atoms with Gasteiger partial charge in [0.1, 0.15) is 10.8 Å². The molecular formula is C14H18FN3OS. The van der Waals surface area contributed by atoms with Crippen LogP contribution in [-0.2, 0) is 4.79 Å². The fraction of sp³-hybridized carbons (Fsp3) is 0.429. The maximum atomic E-state index is 13.4. The Morgan fingerprint density at radius 1 is 1.40 bits per heavy atom. The van der Waals surface area contributed by atoms with Crippen LogP contribution in [0, 0.1) is 11.7 Å². The number of hydrogen-bond donors (Lipinski definition) is 2. The van der Waals surface area contributed by atoms with Gasteiger partial charge in [0.25, 0.3) is 0 Å². The number of carbonyl (C=O) groups excluding carboxylic acids is 1. The van der Waals surface area contributed by atoms with Gasteiger partial charge in [0, 0.05) is 23.8 Å². The highest BCUT2D eigenvalue weighted by molar-refractivity contribution is 7.80. The van der Waals surface area contributed by atoms with Crippen LogP contribution in [0.1, 0.15) is 25.3 Å². The monoisotopic (exact) mass is 295 g/mol. The number of primary amides is 1. The number of hydrogen-bond acceptors (Lipinski definition) is 3. The molecule has 0 aromatic heterocycles. The Hall–Kier alpha value is -1.69. The highest BCUT2D eigenvalue weighted by Gasteiger charge is 2.30. The van der Waals surface area contributed by atoms with E-state index in [9.17, 15) is 9.18 Å². The van der Waals surface area contributed by atoms with Crippen molar-refractivity contribution in [2.75, 3.05) is 11.4 Å². The molecule has 0 spiro atoms. The molecule has 20 heavy (non-hydrogen) atoms. The fourth-order valence-corrected chi connectivity index (χ4v) is 2.79. The zero-order chi connectivity index (χ0) is 14.9. The molecule has 0 saturated carbocycles. The van der Waals surface area contributed by atoms with Crippen molar-refractivity contribution < 1.29 is 9.18 Å². The van der Waals surface area contributed by atoms with Gasteiger partial charge >= 0.3 is 0 Å². The number of anilines is 1. The van der Waals surface area contributed by atoms with Gasteiger partial charge in [0.15, 0.2) is 0 Å². The third-order valence-corrected chi connectivity index (χ3v) is 4.04. The van der Waals surface area contributed by atoms with Crippen molar-refractivity contribution >= 4 is 28.8 Å². The molecule has 1 amide bonds. The molecular weight excluding hydrogens is 277 g/mol. The first kappa shape index (κ1) is 14.7. The smallest absolute Gasteiger partial charge is 0.222 e. The number of carbonyl (C=O) groups is 1. The van der Waals surface area contributed by atoms with Crippen LogP contribution < -0.4 is 16.4 Å². The third-order valence-electron chi connectivity index (χ3n) is 3.82. The van der Waals surface area contributed by atoms with Crippen molar-refractivity contribution in [3.8, 4) is 0 Å². The van der Waals surface area contributed by atoms with Crippen molar-refractivity contribution in [3.05, 3.63) is 29.6 Å². The Morgan fingerprint density at radius 3 is 2.70 bits per heavy atom. The minimum absolute atomic E-state index is 0.146. The standard InChI is InChI=1S/C14H18FN3OS/c1-8-2-3-9(13(16)19)7-18(8)12-5-4-10(15)6-11(12)14(17)20/h4-6,8-9H,2-3,7H2,1H3,(H2,16,19)(H2,17,20). The molecule has 4 nitrogen and oxygen atoms in total. The number of benzene rings is 1. The van der Waals surface area contributed by atoms with Crippen LogP contribution in [0.4, 0.5) is 10.1 Å². The molecule has 0 aliphatic carbocycles. The van der Waals surface area contributed by atoms with Crippen LogP contribution in [0.5, 0.6) is 0 Å². The molecule has 6 heteroatoms. The van der Waals surface area contributed by atoms with Gasteiger partial charge in [-0.3, -0.25) is 4.79 Å². The average molecular weight is 295 g/mol. The van der Waals surface area contributed by atoms with E-state index in [1.165, 1.54) is 12.1 Å². The van der Waals surface area contributed by atoms with E-state index in [4.69, 9.17) is 23.7 Å². The second kappa shape index (κ2) is 5.75. The van der Waals surface area contributed by atoms with Gasteiger partial charge in [0.05, 0.1) is 5.92 Å². The molecule has 1 fully saturated rings. The lowest BCUT2D eigenvalue weighted by Crippen LogP contribution is -2.46. The minimum atomic E-state index is -0.382. The van der Waals surface area contributed by atoms with Crippen molar-refractivity contribution in [1.82, 2.24) is 0 Å². The van der Waals surface area contributed by atoms with Crippen LogP contribution in [0.15, 0.2) is 18.2 Å². The van der Waals surface area contributed by atoms with E-state index in [0.717, 1.165) is 18.5 Å². The Balaban J connectivity index is 2.38. The number of rotatable bonds is 3. The molecule has 1 saturated heterocycles. The number of halogens is 1. The molecule has 0 bridgehead atoms. The summed E-state index contributed by atoms with van der Waals surface area (Å²) in [7, 11) is 0. The summed E-state index contributed by atoms with van der Waals surface area (Å²) in [6.07, 6.45) is 1.62. The summed E-state index contributed by atoms with van der Waals surface area (Å²) in [6, 6.07) is 4.59. The molecule has 1 aromatic carbocycles. The first-order valence-corrected chi connectivity index (χ1v) is 6.96. The fourth-order valence-electron chi connectivity index (χ4n) is 2.63. The molecule has 2 atom stereocenters. The maximum absolute atomic E-state index is 13.4. The number of nitrogens with zero attached hydrogens (tertiary/aromatic N) is 1. The molecule has 4 N–H and O–H groups in total. The average Bonchev–Trinajstić information content (AvgIpc) is 2.39. The summed E-state index contributed by atoms with van der Waals surface area (Å²) in [4.78, 5) is 13.6. The van der Waals surface area contributed by atoms with E-state index in [2.05, 4.69) is 6.92 Å². The van der Waals surface area contributed by atoms with Crippen LogP contribution >= 0.6 is 12.2 Å². The number of amides is 1. The highest BCUT2D eigenvalue weighted by atomic mass is 32.1. The summed E-state index contributed by atoms with van der Waals surface area (Å²) in [5.41, 5.74) is 12.3. The van der Waals surface area contributed by atoms with Crippen LogP contribution in [0.2, 0.25) is 0 Å². The van der Waals surface area contributed by atoms with Crippen molar-refractivity contribution in [3.63, 3.8) is 0 Å². The Labute approximate surface area is 122 Å². The van der Waals surface area contributed by atoms with E-state index in [0.29, 0.717) is 12.1 Å². The Morgan fingerprint density at radius 2 is 2.10 bits per heavy atom. The molecule has 2 unspecified atom stereocenters. The molecule has 1 aromatic rings. The second-order valence-corrected chi connectivity index (χ2v) is 5.64. The van der Waals surface area contributed by atoms with Crippen molar-refractivity contribution in [2.24, 2.45) is 17.4 Å². The van der Waals surface area contributed by atoms with Crippen LogP contribution in [0.3, 0.4) is 0 Å². The van der Waals surface area contributed by atoms with Gasteiger partial charge in [-0.1, -0.05) is 12.2 Å². The SMILES string of the molecule is CC1CCC(C(N)=O)CN1c1ccc(F)cc1C(N)=S. The molecule has 108 valence electrons. The van der Waals surface area contributed by atoms with Gasteiger partial charge in [-0.15, -0.1) is 0 Å². The van der Waals surface area contributed by atoms with E-state index in [-0.39, 0.29) is 28.7 Å². The summed E-state index contributed by atoms with van der Waals surface area (Å²) < 4.78 is 13.4. The first-order chi connectivity index (χ1) is 9.40. The lowest BCUT2D eigenvalue weighted by atomic mass is 9.92. The van der Waals surface area contributed by atoms with Crippen molar-refractivity contribution in [2.45, 2.75) is 25.8 Å². The van der Waals surface area contributed by atoms with E-state index >= 15 is 0 Å². The molecule has 1 aliphatic heterocycles.